The van der Waals surface area contributed by atoms with E-state index in [9.17, 15) is 5.11 Å². The summed E-state index contributed by atoms with van der Waals surface area (Å²) in [6.07, 6.45) is 2.17. The molecule has 1 nitrogen and oxygen atoms in total. The summed E-state index contributed by atoms with van der Waals surface area (Å²) in [6.45, 7) is 6.28. The summed E-state index contributed by atoms with van der Waals surface area (Å²) in [5.74, 6) is 0. The first-order chi connectivity index (χ1) is 9.50. The van der Waals surface area contributed by atoms with Crippen LogP contribution in [0.1, 0.15) is 35.6 Å². The minimum atomic E-state index is -0.665. The zero-order valence-electron chi connectivity index (χ0n) is 12.7. The van der Waals surface area contributed by atoms with Crippen LogP contribution in [0, 0.1) is 13.8 Å². The number of hydrogen-bond acceptors (Lipinski definition) is 1. The first kappa shape index (κ1) is 14.8. The molecule has 0 bridgehead atoms. The third kappa shape index (κ3) is 3.94. The first-order valence-corrected chi connectivity index (χ1v) is 7.34. The molecule has 0 aromatic heterocycles. The topological polar surface area (TPSA) is 20.2 Å². The Labute approximate surface area is 122 Å². The highest BCUT2D eigenvalue weighted by Crippen LogP contribution is 2.23. The molecule has 0 amide bonds. The van der Waals surface area contributed by atoms with Crippen molar-refractivity contribution in [2.45, 2.75) is 45.6 Å². The Morgan fingerprint density at radius 2 is 1.40 bits per heavy atom. The van der Waals surface area contributed by atoms with Crippen LogP contribution in [0.5, 0.6) is 0 Å². The summed E-state index contributed by atoms with van der Waals surface area (Å²) < 4.78 is 0. The zero-order chi connectivity index (χ0) is 14.6. The van der Waals surface area contributed by atoms with Gasteiger partial charge in [0.1, 0.15) is 0 Å². The van der Waals surface area contributed by atoms with E-state index in [0.717, 1.165) is 6.42 Å². The molecule has 0 heterocycles. The van der Waals surface area contributed by atoms with Crippen LogP contribution < -0.4 is 0 Å². The maximum atomic E-state index is 10.9. The Balaban J connectivity index is 2.18. The number of rotatable bonds is 5. The molecular weight excluding hydrogens is 244 g/mol. The van der Waals surface area contributed by atoms with Crippen LogP contribution in [0.4, 0.5) is 0 Å². The number of benzene rings is 2. The van der Waals surface area contributed by atoms with Gasteiger partial charge < -0.3 is 5.11 Å². The van der Waals surface area contributed by atoms with Gasteiger partial charge in [0.2, 0.25) is 0 Å². The minimum absolute atomic E-state index is 0.665. The van der Waals surface area contributed by atoms with E-state index in [1.165, 1.54) is 22.3 Å². The lowest BCUT2D eigenvalue weighted by Crippen LogP contribution is -2.33. The Kier molecular flexibility index (Phi) is 4.61. The average molecular weight is 268 g/mol. The van der Waals surface area contributed by atoms with Crippen molar-refractivity contribution in [3.8, 4) is 0 Å². The van der Waals surface area contributed by atoms with Crippen molar-refractivity contribution >= 4 is 0 Å². The van der Waals surface area contributed by atoms with Gasteiger partial charge in [0.15, 0.2) is 0 Å². The number of aryl methyl sites for hydroxylation is 2. The van der Waals surface area contributed by atoms with Gasteiger partial charge in [0, 0.05) is 12.8 Å². The number of hydrogen-bond donors (Lipinski definition) is 1. The maximum absolute atomic E-state index is 10.9. The summed E-state index contributed by atoms with van der Waals surface area (Å²) >= 11 is 0. The Hall–Kier alpha value is -1.60. The van der Waals surface area contributed by atoms with E-state index in [1.54, 1.807) is 0 Å². The lowest BCUT2D eigenvalue weighted by atomic mass is 9.85. The first-order valence-electron chi connectivity index (χ1n) is 7.34. The second-order valence-electron chi connectivity index (χ2n) is 5.91. The fourth-order valence-corrected chi connectivity index (χ4v) is 2.84. The standard InChI is InChI=1S/C19H24O/c1-4-19(20,13-17-8-6-5-7-9-17)14-18-11-15(2)10-16(3)12-18/h5-12,20H,4,13-14H2,1-3H3. The average Bonchev–Trinajstić information content (AvgIpc) is 2.38. The van der Waals surface area contributed by atoms with E-state index in [-0.39, 0.29) is 0 Å². The van der Waals surface area contributed by atoms with Crippen molar-refractivity contribution in [3.05, 3.63) is 70.8 Å². The van der Waals surface area contributed by atoms with Crippen molar-refractivity contribution < 1.29 is 5.11 Å². The summed E-state index contributed by atoms with van der Waals surface area (Å²) in [7, 11) is 0. The molecule has 20 heavy (non-hydrogen) atoms. The van der Waals surface area contributed by atoms with Gasteiger partial charge in [0.25, 0.3) is 0 Å². The quantitative estimate of drug-likeness (QED) is 0.860. The van der Waals surface area contributed by atoms with Crippen LogP contribution in [0.2, 0.25) is 0 Å². The molecule has 0 aliphatic carbocycles. The maximum Gasteiger partial charge on any atom is 0.0725 e. The minimum Gasteiger partial charge on any atom is -0.389 e. The van der Waals surface area contributed by atoms with Crippen LogP contribution in [0.15, 0.2) is 48.5 Å². The van der Waals surface area contributed by atoms with E-state index in [2.05, 4.69) is 51.1 Å². The van der Waals surface area contributed by atoms with Gasteiger partial charge in [-0.15, -0.1) is 0 Å². The van der Waals surface area contributed by atoms with E-state index < -0.39 is 5.60 Å². The molecular formula is C19H24O. The molecule has 0 radical (unpaired) electrons. The molecule has 106 valence electrons. The van der Waals surface area contributed by atoms with Gasteiger partial charge in [-0.25, -0.2) is 0 Å². The summed E-state index contributed by atoms with van der Waals surface area (Å²) in [5, 5.41) is 10.9. The van der Waals surface area contributed by atoms with Crippen LogP contribution in [0.3, 0.4) is 0 Å². The van der Waals surface area contributed by atoms with Crippen molar-refractivity contribution in [2.75, 3.05) is 0 Å². The predicted octanol–water partition coefficient (Wildman–Crippen LogP) is 4.23. The van der Waals surface area contributed by atoms with Crippen LogP contribution in [-0.2, 0) is 12.8 Å². The monoisotopic (exact) mass is 268 g/mol. The Bertz CT molecular complexity index is 539. The summed E-state index contributed by atoms with van der Waals surface area (Å²) in [5.41, 5.74) is 4.28. The lowest BCUT2D eigenvalue weighted by Gasteiger charge is -2.27. The van der Waals surface area contributed by atoms with E-state index in [0.29, 0.717) is 12.8 Å². The fourth-order valence-electron chi connectivity index (χ4n) is 2.84. The molecule has 0 saturated carbocycles. The van der Waals surface area contributed by atoms with Crippen molar-refractivity contribution in [1.29, 1.82) is 0 Å². The van der Waals surface area contributed by atoms with Gasteiger partial charge in [-0.3, -0.25) is 0 Å². The normalized spacial score (nSPS) is 14.0. The molecule has 1 unspecified atom stereocenters. The summed E-state index contributed by atoms with van der Waals surface area (Å²) in [6, 6.07) is 16.8. The molecule has 0 saturated heterocycles. The molecule has 2 aromatic carbocycles. The fraction of sp³-hybridized carbons (Fsp3) is 0.368. The molecule has 0 aliphatic rings. The van der Waals surface area contributed by atoms with Crippen LogP contribution >= 0.6 is 0 Å². The Morgan fingerprint density at radius 1 is 0.850 bits per heavy atom. The van der Waals surface area contributed by atoms with Gasteiger partial charge in [-0.2, -0.15) is 0 Å². The van der Waals surface area contributed by atoms with Crippen molar-refractivity contribution in [1.82, 2.24) is 0 Å². The summed E-state index contributed by atoms with van der Waals surface area (Å²) in [4.78, 5) is 0. The SMILES string of the molecule is CCC(O)(Cc1ccccc1)Cc1cc(C)cc(C)c1. The third-order valence-electron chi connectivity index (χ3n) is 3.85. The molecule has 2 aromatic rings. The molecule has 1 atom stereocenters. The highest BCUT2D eigenvalue weighted by Gasteiger charge is 2.25. The zero-order valence-corrected chi connectivity index (χ0v) is 12.7. The van der Waals surface area contributed by atoms with E-state index in [1.807, 2.05) is 18.2 Å². The lowest BCUT2D eigenvalue weighted by molar-refractivity contribution is 0.0368. The van der Waals surface area contributed by atoms with E-state index in [4.69, 9.17) is 0 Å². The highest BCUT2D eigenvalue weighted by atomic mass is 16.3. The number of aliphatic hydroxyl groups is 1. The molecule has 0 spiro atoms. The molecule has 1 N–H and O–H groups in total. The third-order valence-corrected chi connectivity index (χ3v) is 3.85. The second kappa shape index (κ2) is 6.23. The predicted molar refractivity (Wildman–Crippen MR) is 85.0 cm³/mol. The second-order valence-corrected chi connectivity index (χ2v) is 5.91. The molecule has 0 fully saturated rings. The smallest absolute Gasteiger partial charge is 0.0725 e. The van der Waals surface area contributed by atoms with Crippen molar-refractivity contribution in [3.63, 3.8) is 0 Å². The highest BCUT2D eigenvalue weighted by molar-refractivity contribution is 5.30. The molecule has 2 rings (SSSR count). The molecule has 0 aliphatic heterocycles. The van der Waals surface area contributed by atoms with Gasteiger partial charge in [0.05, 0.1) is 5.60 Å². The Morgan fingerprint density at radius 3 is 1.95 bits per heavy atom. The van der Waals surface area contributed by atoms with Crippen LogP contribution in [-0.4, -0.2) is 10.7 Å². The largest absolute Gasteiger partial charge is 0.389 e. The van der Waals surface area contributed by atoms with Gasteiger partial charge >= 0.3 is 0 Å². The van der Waals surface area contributed by atoms with Crippen molar-refractivity contribution in [2.24, 2.45) is 0 Å². The molecule has 1 heteroatoms. The van der Waals surface area contributed by atoms with Gasteiger partial charge in [-0.05, 0) is 31.4 Å². The van der Waals surface area contributed by atoms with Crippen LogP contribution in [0.25, 0.3) is 0 Å². The van der Waals surface area contributed by atoms with Gasteiger partial charge in [-0.1, -0.05) is 66.6 Å². The van der Waals surface area contributed by atoms with E-state index >= 15 is 0 Å².